The van der Waals surface area contributed by atoms with Gasteiger partial charge in [-0.3, -0.25) is 0 Å². The number of pyridine rings is 1. The van der Waals surface area contributed by atoms with Crippen LogP contribution in [0.2, 0.25) is 0 Å². The predicted octanol–water partition coefficient (Wildman–Crippen LogP) is 2.18. The fourth-order valence-corrected chi connectivity index (χ4v) is 2.95. The van der Waals surface area contributed by atoms with Crippen LogP contribution in [-0.2, 0) is 10.3 Å². The van der Waals surface area contributed by atoms with Crippen LogP contribution < -0.4 is 5.73 Å². The lowest BCUT2D eigenvalue weighted by Gasteiger charge is -2.16. The molecule has 1 unspecified atom stereocenters. The highest BCUT2D eigenvalue weighted by Gasteiger charge is 2.15. The van der Waals surface area contributed by atoms with E-state index in [1.54, 1.807) is 18.2 Å². The second-order valence-corrected chi connectivity index (χ2v) is 5.54. The molecule has 3 N–H and O–H groups in total. The van der Waals surface area contributed by atoms with Gasteiger partial charge in [-0.2, -0.15) is 13.1 Å². The average Bonchev–Trinajstić information content (AvgIpc) is 2.40. The maximum absolute atomic E-state index is 11.3. The molecule has 0 aliphatic carbocycles. The predicted molar refractivity (Wildman–Crippen MR) is 76.9 cm³/mol. The summed E-state index contributed by atoms with van der Waals surface area (Å²) in [6, 6.07) is 8.81. The van der Waals surface area contributed by atoms with Crippen LogP contribution in [0.4, 0.5) is 5.69 Å². The van der Waals surface area contributed by atoms with Crippen LogP contribution in [0.3, 0.4) is 0 Å². The molecule has 0 aliphatic rings. The van der Waals surface area contributed by atoms with Gasteiger partial charge in [-0.1, -0.05) is 19.1 Å². The Labute approximate surface area is 118 Å². The molecular weight excluding hydrogens is 276 g/mol. The molecule has 5 nitrogen and oxygen atoms in total. The summed E-state index contributed by atoms with van der Waals surface area (Å²) < 4.78 is 23.1. The molecule has 2 rings (SSSR count). The fourth-order valence-electron chi connectivity index (χ4n) is 2.29. The third-order valence-corrected chi connectivity index (χ3v) is 4.09. The maximum Gasteiger partial charge on any atom is 0.242 e. The van der Waals surface area contributed by atoms with E-state index in [4.69, 9.17) is 5.73 Å². The first-order valence-electron chi connectivity index (χ1n) is 6.11. The van der Waals surface area contributed by atoms with E-state index in [1.807, 2.05) is 26.0 Å². The minimum Gasteiger partial charge on any atom is -0.427 e. The number of nitrogen functional groups attached to an aromatic ring is 1. The van der Waals surface area contributed by atoms with Crippen molar-refractivity contribution >= 4 is 16.0 Å². The van der Waals surface area contributed by atoms with Gasteiger partial charge in [0.25, 0.3) is 0 Å². The largest absolute Gasteiger partial charge is 0.427 e. The summed E-state index contributed by atoms with van der Waals surface area (Å²) in [5.74, 6) is -0.203. The zero-order chi connectivity index (χ0) is 14.9. The van der Waals surface area contributed by atoms with Crippen molar-refractivity contribution in [1.29, 1.82) is 0 Å². The molecule has 0 aliphatic heterocycles. The fraction of sp³-hybridized carbons (Fsp3) is 0.214. The Morgan fingerprint density at radius 1 is 1.25 bits per heavy atom. The average molecular weight is 292 g/mol. The van der Waals surface area contributed by atoms with Gasteiger partial charge in [0.2, 0.25) is 14.9 Å². The molecule has 0 radical (unpaired) electrons. The van der Waals surface area contributed by atoms with Crippen LogP contribution in [-0.4, -0.2) is 18.4 Å². The van der Waals surface area contributed by atoms with Gasteiger partial charge in [0.15, 0.2) is 0 Å². The summed E-state index contributed by atoms with van der Waals surface area (Å²) in [4.78, 5) is 0. The molecule has 0 fully saturated rings. The van der Waals surface area contributed by atoms with Crippen LogP contribution in [0.5, 0.6) is 0 Å². The summed E-state index contributed by atoms with van der Waals surface area (Å²) >= 11 is 0. The van der Waals surface area contributed by atoms with Gasteiger partial charge >= 0.3 is 0 Å². The summed E-state index contributed by atoms with van der Waals surface area (Å²) in [5, 5.41) is 9.68. The highest BCUT2D eigenvalue weighted by Crippen LogP contribution is 2.28. The zero-order valence-electron chi connectivity index (χ0n) is 11.2. The van der Waals surface area contributed by atoms with Crippen LogP contribution in [0, 0.1) is 11.6 Å². The first-order valence-corrected chi connectivity index (χ1v) is 7.18. The van der Waals surface area contributed by atoms with E-state index in [-0.39, 0.29) is 10.6 Å². The second-order valence-electron chi connectivity index (χ2n) is 4.69. The molecule has 106 valence electrons. The van der Waals surface area contributed by atoms with E-state index in [9.17, 15) is 13.6 Å². The van der Waals surface area contributed by atoms with Gasteiger partial charge in [-0.05, 0) is 36.2 Å². The number of nitrogens with two attached hydrogens (primary N) is 1. The van der Waals surface area contributed by atoms with E-state index >= 15 is 0 Å². The van der Waals surface area contributed by atoms with Crippen molar-refractivity contribution in [3.05, 3.63) is 57.9 Å². The lowest BCUT2D eigenvalue weighted by Crippen LogP contribution is -2.06. The summed E-state index contributed by atoms with van der Waals surface area (Å²) in [7, 11) is -2.53. The minimum atomic E-state index is -2.53. The van der Waals surface area contributed by atoms with Crippen molar-refractivity contribution in [2.45, 2.75) is 19.8 Å². The number of hydrogen-bond acceptors (Lipinski definition) is 4. The quantitative estimate of drug-likeness (QED) is 0.504. The first-order chi connectivity index (χ1) is 9.41. The molecule has 2 aromatic rings. The van der Waals surface area contributed by atoms with Crippen molar-refractivity contribution in [3.8, 4) is 0 Å². The monoisotopic (exact) mass is 292 g/mol. The topological polar surface area (TPSA) is 85.3 Å². The van der Waals surface area contributed by atoms with E-state index in [1.165, 1.54) is 6.20 Å². The normalized spacial score (nSPS) is 12.1. The Morgan fingerprint density at radius 2 is 1.95 bits per heavy atom. The van der Waals surface area contributed by atoms with Gasteiger partial charge in [-0.15, -0.1) is 0 Å². The highest BCUT2D eigenvalue weighted by atomic mass is 32.2. The van der Waals surface area contributed by atoms with Crippen LogP contribution in [0.25, 0.3) is 0 Å². The molecule has 0 bridgehead atoms. The van der Waals surface area contributed by atoms with Crippen molar-refractivity contribution < 1.29 is 13.6 Å². The number of rotatable bonds is 2. The Balaban J connectivity index is 2.73. The van der Waals surface area contributed by atoms with Crippen molar-refractivity contribution in [3.63, 3.8) is 0 Å². The smallest absolute Gasteiger partial charge is 0.242 e. The van der Waals surface area contributed by atoms with Crippen LogP contribution in [0.15, 0.2) is 36.5 Å². The lowest BCUT2D eigenvalue weighted by molar-refractivity contribution is 0.178. The molecule has 1 aromatic heterocycles. The number of anilines is 1. The van der Waals surface area contributed by atoms with E-state index < -0.39 is 10.3 Å². The third-order valence-electron chi connectivity index (χ3n) is 3.35. The van der Waals surface area contributed by atoms with Gasteiger partial charge in [0.05, 0.1) is 0 Å². The van der Waals surface area contributed by atoms with E-state index in [2.05, 4.69) is 0 Å². The third kappa shape index (κ3) is 2.55. The molecule has 0 saturated heterocycles. The van der Waals surface area contributed by atoms with Gasteiger partial charge in [0.1, 0.15) is 0 Å². The molecule has 1 aromatic carbocycles. The Kier molecular flexibility index (Phi) is 3.85. The maximum atomic E-state index is 11.3. The zero-order valence-corrected chi connectivity index (χ0v) is 12.1. The van der Waals surface area contributed by atoms with E-state index in [0.717, 1.165) is 11.1 Å². The standard InChI is InChI=1S/C14H16N2O3S/c1-9-5-6-11(15)8-13(9)10(2)12-4-3-7-16(17)14(12)20(18)19/h3-8,10,17H,15H2,1-2H3. The van der Waals surface area contributed by atoms with Gasteiger partial charge in [-0.25, -0.2) is 0 Å². The van der Waals surface area contributed by atoms with Crippen LogP contribution in [0.1, 0.15) is 29.5 Å². The number of aromatic nitrogens is 1. The van der Waals surface area contributed by atoms with Crippen molar-refractivity contribution in [1.82, 2.24) is 4.73 Å². The number of benzene rings is 1. The Morgan fingerprint density at radius 3 is 2.60 bits per heavy atom. The molecule has 0 amide bonds. The molecule has 6 heteroatoms. The summed E-state index contributed by atoms with van der Waals surface area (Å²) in [6.07, 6.45) is 1.29. The first kappa shape index (κ1) is 14.2. The van der Waals surface area contributed by atoms with Crippen LogP contribution >= 0.6 is 0 Å². The number of aryl methyl sites for hydroxylation is 1. The highest BCUT2D eigenvalue weighted by molar-refractivity contribution is 7.63. The molecule has 0 spiro atoms. The van der Waals surface area contributed by atoms with Crippen molar-refractivity contribution in [2.75, 3.05) is 5.73 Å². The molecule has 1 heterocycles. The summed E-state index contributed by atoms with van der Waals surface area (Å²) in [6.45, 7) is 3.82. The SMILES string of the molecule is Cc1ccc(N)cc1C(C)c1cccn(O)c1=S(=O)=O. The molecule has 0 saturated carbocycles. The molecule has 1 atom stereocenters. The van der Waals surface area contributed by atoms with E-state index in [0.29, 0.717) is 16.0 Å². The van der Waals surface area contributed by atoms with Gasteiger partial charge in [0, 0.05) is 23.4 Å². The molecular formula is C14H16N2O3S. The lowest BCUT2D eigenvalue weighted by atomic mass is 9.91. The Hall–Kier alpha value is -2.21. The minimum absolute atomic E-state index is 0.137. The summed E-state index contributed by atoms with van der Waals surface area (Å²) in [5.41, 5.74) is 8.89. The number of hydrogen-bond donors (Lipinski definition) is 2. The van der Waals surface area contributed by atoms with Crippen molar-refractivity contribution in [2.24, 2.45) is 0 Å². The number of nitrogens with zero attached hydrogens (tertiary/aromatic N) is 1. The van der Waals surface area contributed by atoms with Gasteiger partial charge < -0.3 is 10.9 Å². The Bertz CT molecular complexity index is 815. The molecule has 20 heavy (non-hydrogen) atoms. The second kappa shape index (κ2) is 5.42.